The van der Waals surface area contributed by atoms with E-state index in [-0.39, 0.29) is 11.6 Å². The van der Waals surface area contributed by atoms with Crippen LogP contribution in [-0.4, -0.2) is 43.0 Å². The summed E-state index contributed by atoms with van der Waals surface area (Å²) < 4.78 is 1.57. The number of rotatable bonds is 6. The maximum Gasteiger partial charge on any atom is 0.326 e. The minimum absolute atomic E-state index is 0.102. The van der Waals surface area contributed by atoms with Gasteiger partial charge in [-0.2, -0.15) is 0 Å². The van der Waals surface area contributed by atoms with Gasteiger partial charge in [0, 0.05) is 11.6 Å². The summed E-state index contributed by atoms with van der Waals surface area (Å²) in [6.07, 6.45) is 2.34. The Hall–Kier alpha value is -3.29. The van der Waals surface area contributed by atoms with Gasteiger partial charge in [0.15, 0.2) is 5.69 Å². The highest BCUT2D eigenvalue weighted by molar-refractivity contribution is 5.96. The van der Waals surface area contributed by atoms with Gasteiger partial charge in [0.2, 0.25) is 0 Å². The van der Waals surface area contributed by atoms with Crippen molar-refractivity contribution in [1.29, 1.82) is 0 Å². The Morgan fingerprint density at radius 3 is 2.74 bits per heavy atom. The van der Waals surface area contributed by atoms with Gasteiger partial charge < -0.3 is 10.4 Å². The molecule has 0 spiro atoms. The molecule has 1 amide bonds. The first-order valence-corrected chi connectivity index (χ1v) is 8.74. The second-order valence-electron chi connectivity index (χ2n) is 6.46. The van der Waals surface area contributed by atoms with Gasteiger partial charge >= 0.3 is 5.97 Å². The van der Waals surface area contributed by atoms with Gasteiger partial charge in [0.25, 0.3) is 5.91 Å². The van der Waals surface area contributed by atoms with E-state index >= 15 is 0 Å². The molecular weight excluding hydrogens is 346 g/mol. The number of benzene rings is 1. The van der Waals surface area contributed by atoms with E-state index in [0.29, 0.717) is 12.1 Å². The summed E-state index contributed by atoms with van der Waals surface area (Å²) in [5, 5.41) is 20.9. The SMILES string of the molecule is CCC(C)C(NC(=O)c1nnn(-c2cccc3ncccc23)c1C)C(=O)O. The molecule has 27 heavy (non-hydrogen) atoms. The van der Waals surface area contributed by atoms with E-state index in [1.165, 1.54) is 0 Å². The molecule has 2 heterocycles. The Morgan fingerprint density at radius 2 is 2.04 bits per heavy atom. The van der Waals surface area contributed by atoms with Crippen LogP contribution in [0.1, 0.15) is 36.5 Å². The van der Waals surface area contributed by atoms with Crippen LogP contribution in [-0.2, 0) is 4.79 Å². The first kappa shape index (κ1) is 18.5. The standard InChI is InChI=1S/C19H21N5O3/c1-4-11(2)16(19(26)27)21-18(25)17-12(3)24(23-22-17)15-9-5-8-14-13(15)7-6-10-20-14/h5-11,16H,4H2,1-3H3,(H,21,25)(H,26,27). The van der Waals surface area contributed by atoms with Crippen LogP contribution >= 0.6 is 0 Å². The number of pyridine rings is 1. The molecule has 2 aromatic heterocycles. The number of amides is 1. The van der Waals surface area contributed by atoms with E-state index < -0.39 is 17.9 Å². The number of fused-ring (bicyclic) bond motifs is 1. The number of nitrogens with one attached hydrogen (secondary N) is 1. The van der Waals surface area contributed by atoms with Crippen molar-refractivity contribution in [3.05, 3.63) is 47.9 Å². The van der Waals surface area contributed by atoms with Crippen molar-refractivity contribution in [2.75, 3.05) is 0 Å². The Morgan fingerprint density at radius 1 is 1.26 bits per heavy atom. The van der Waals surface area contributed by atoms with Crippen molar-refractivity contribution < 1.29 is 14.7 Å². The highest BCUT2D eigenvalue weighted by atomic mass is 16.4. The van der Waals surface area contributed by atoms with Crippen LogP contribution in [0.4, 0.5) is 0 Å². The van der Waals surface area contributed by atoms with Crippen LogP contribution in [0.2, 0.25) is 0 Å². The fraction of sp³-hybridized carbons (Fsp3) is 0.316. The zero-order valence-electron chi connectivity index (χ0n) is 15.4. The number of hydrogen-bond donors (Lipinski definition) is 2. The molecule has 140 valence electrons. The largest absolute Gasteiger partial charge is 0.480 e. The molecule has 8 heteroatoms. The van der Waals surface area contributed by atoms with E-state index in [9.17, 15) is 14.7 Å². The van der Waals surface area contributed by atoms with Gasteiger partial charge in [-0.25, -0.2) is 9.48 Å². The number of aromatic nitrogens is 4. The van der Waals surface area contributed by atoms with Crippen LogP contribution in [0.25, 0.3) is 16.6 Å². The molecule has 0 radical (unpaired) electrons. The first-order chi connectivity index (χ1) is 12.9. The summed E-state index contributed by atoms with van der Waals surface area (Å²) in [4.78, 5) is 28.4. The number of hydrogen-bond acceptors (Lipinski definition) is 5. The van der Waals surface area contributed by atoms with Gasteiger partial charge in [-0.15, -0.1) is 5.10 Å². The molecule has 8 nitrogen and oxygen atoms in total. The van der Waals surface area contributed by atoms with E-state index in [4.69, 9.17) is 0 Å². The van der Waals surface area contributed by atoms with Crippen LogP contribution in [0.5, 0.6) is 0 Å². The summed E-state index contributed by atoms with van der Waals surface area (Å²) in [5.74, 6) is -1.82. The van der Waals surface area contributed by atoms with Crippen LogP contribution in [0.15, 0.2) is 36.5 Å². The van der Waals surface area contributed by atoms with Crippen molar-refractivity contribution in [1.82, 2.24) is 25.3 Å². The number of carbonyl (C=O) groups excluding carboxylic acids is 1. The van der Waals surface area contributed by atoms with E-state index in [1.54, 1.807) is 24.7 Å². The lowest BCUT2D eigenvalue weighted by Gasteiger charge is -2.19. The first-order valence-electron chi connectivity index (χ1n) is 8.74. The number of carboxylic acid groups (broad SMARTS) is 1. The smallest absolute Gasteiger partial charge is 0.326 e. The molecule has 0 saturated heterocycles. The van der Waals surface area contributed by atoms with E-state index in [0.717, 1.165) is 16.6 Å². The Bertz CT molecular complexity index is 993. The number of carboxylic acids is 1. The molecule has 0 aliphatic heterocycles. The van der Waals surface area contributed by atoms with Crippen molar-refractivity contribution >= 4 is 22.8 Å². The third kappa shape index (κ3) is 3.51. The maximum absolute atomic E-state index is 12.6. The summed E-state index contributed by atoms with van der Waals surface area (Å²) in [5.41, 5.74) is 2.18. The molecule has 0 bridgehead atoms. The van der Waals surface area contributed by atoms with Crippen molar-refractivity contribution in [2.24, 2.45) is 5.92 Å². The Balaban J connectivity index is 1.95. The topological polar surface area (TPSA) is 110 Å². The van der Waals surface area contributed by atoms with E-state index in [1.807, 2.05) is 37.3 Å². The molecule has 3 aromatic rings. The third-order valence-corrected chi connectivity index (χ3v) is 4.73. The lowest BCUT2D eigenvalue weighted by atomic mass is 9.99. The molecule has 0 saturated carbocycles. The van der Waals surface area contributed by atoms with Gasteiger partial charge in [-0.05, 0) is 37.1 Å². The molecule has 0 fully saturated rings. The third-order valence-electron chi connectivity index (χ3n) is 4.73. The minimum atomic E-state index is -1.07. The fourth-order valence-corrected chi connectivity index (χ4v) is 2.93. The normalized spacial score (nSPS) is 13.3. The average molecular weight is 367 g/mol. The summed E-state index contributed by atoms with van der Waals surface area (Å²) in [6.45, 7) is 5.39. The number of aliphatic carboxylic acids is 1. The average Bonchev–Trinajstić information content (AvgIpc) is 3.06. The molecule has 3 rings (SSSR count). The number of carbonyl (C=O) groups is 2. The Kier molecular flexibility index (Phi) is 5.16. The fourth-order valence-electron chi connectivity index (χ4n) is 2.93. The molecular formula is C19H21N5O3. The summed E-state index contributed by atoms with van der Waals surface area (Å²) >= 11 is 0. The predicted molar refractivity (Wildman–Crippen MR) is 99.7 cm³/mol. The zero-order valence-corrected chi connectivity index (χ0v) is 15.4. The van der Waals surface area contributed by atoms with Crippen LogP contribution < -0.4 is 5.32 Å². The lowest BCUT2D eigenvalue weighted by Crippen LogP contribution is -2.45. The predicted octanol–water partition coefficient (Wildman–Crippen LogP) is 2.35. The number of nitrogens with zero attached hydrogens (tertiary/aromatic N) is 4. The Labute approximate surface area is 156 Å². The quantitative estimate of drug-likeness (QED) is 0.692. The summed E-state index contributed by atoms with van der Waals surface area (Å²) in [6, 6.07) is 8.38. The van der Waals surface area contributed by atoms with Gasteiger partial charge in [-0.1, -0.05) is 31.5 Å². The molecule has 2 atom stereocenters. The van der Waals surface area contributed by atoms with Gasteiger partial charge in [0.1, 0.15) is 6.04 Å². The van der Waals surface area contributed by atoms with Crippen molar-refractivity contribution in [2.45, 2.75) is 33.2 Å². The summed E-state index contributed by atoms with van der Waals surface area (Å²) in [7, 11) is 0. The van der Waals surface area contributed by atoms with Gasteiger partial charge in [0.05, 0.1) is 16.9 Å². The minimum Gasteiger partial charge on any atom is -0.480 e. The molecule has 0 aliphatic rings. The maximum atomic E-state index is 12.6. The van der Waals surface area contributed by atoms with Gasteiger partial charge in [-0.3, -0.25) is 9.78 Å². The molecule has 0 aliphatic carbocycles. The van der Waals surface area contributed by atoms with Crippen molar-refractivity contribution in [3.8, 4) is 5.69 Å². The van der Waals surface area contributed by atoms with Crippen LogP contribution in [0.3, 0.4) is 0 Å². The second kappa shape index (κ2) is 7.53. The molecule has 2 N–H and O–H groups in total. The van der Waals surface area contributed by atoms with Crippen molar-refractivity contribution in [3.63, 3.8) is 0 Å². The molecule has 1 aromatic carbocycles. The second-order valence-corrected chi connectivity index (χ2v) is 6.46. The highest BCUT2D eigenvalue weighted by Gasteiger charge is 2.28. The monoisotopic (exact) mass is 367 g/mol. The van der Waals surface area contributed by atoms with Crippen LogP contribution in [0, 0.1) is 12.8 Å². The zero-order chi connectivity index (χ0) is 19.6. The highest BCUT2D eigenvalue weighted by Crippen LogP contribution is 2.22. The molecule has 2 unspecified atom stereocenters. The lowest BCUT2D eigenvalue weighted by molar-refractivity contribution is -0.140. The van der Waals surface area contributed by atoms with E-state index in [2.05, 4.69) is 20.6 Å².